The van der Waals surface area contributed by atoms with Gasteiger partial charge in [-0.2, -0.15) is 13.2 Å². The first-order valence-electron chi connectivity index (χ1n) is 8.33. The summed E-state index contributed by atoms with van der Waals surface area (Å²) >= 11 is 0. The van der Waals surface area contributed by atoms with E-state index in [1.165, 1.54) is 12.1 Å². The Balaban J connectivity index is 0.00000210. The molecule has 0 saturated carbocycles. The molecule has 2 heterocycles. The highest BCUT2D eigenvalue weighted by Crippen LogP contribution is 2.30. The lowest BCUT2D eigenvalue weighted by Gasteiger charge is -2.23. The topological polar surface area (TPSA) is 72.5 Å². The van der Waals surface area contributed by atoms with Crippen LogP contribution in [0.4, 0.5) is 18.9 Å². The molecule has 0 bridgehead atoms. The van der Waals surface area contributed by atoms with E-state index < -0.39 is 11.9 Å². The summed E-state index contributed by atoms with van der Waals surface area (Å²) in [7, 11) is 0. The standard InChI is InChI=1S/C18H18F3N3O3.2ClH/c19-18(20,21)15-2-1-3-17(24-15)27-14-6-4-12(5-7-14)23-16(25)10-13-11-26-9-8-22-13;;/h1-7,13,22H,8-11H2,(H,23,25);2*1H. The fraction of sp³-hybridized carbons (Fsp3) is 0.333. The van der Waals surface area contributed by atoms with Gasteiger partial charge in [0, 0.05) is 30.8 Å². The molecule has 1 aliphatic heterocycles. The highest BCUT2D eigenvalue weighted by molar-refractivity contribution is 5.91. The van der Waals surface area contributed by atoms with Crippen LogP contribution in [0.5, 0.6) is 11.6 Å². The number of alkyl halides is 3. The molecule has 0 radical (unpaired) electrons. The Hall–Kier alpha value is -2.07. The number of morpholine rings is 1. The van der Waals surface area contributed by atoms with Crippen LogP contribution in [-0.4, -0.2) is 36.7 Å². The van der Waals surface area contributed by atoms with Crippen molar-refractivity contribution >= 4 is 36.4 Å². The van der Waals surface area contributed by atoms with Gasteiger partial charge in [-0.3, -0.25) is 4.79 Å². The Morgan fingerprint density at radius 3 is 2.55 bits per heavy atom. The third-order valence-corrected chi connectivity index (χ3v) is 3.80. The van der Waals surface area contributed by atoms with E-state index in [1.807, 2.05) is 0 Å². The summed E-state index contributed by atoms with van der Waals surface area (Å²) in [5.74, 6) is -0.0154. The van der Waals surface area contributed by atoms with Crippen LogP contribution >= 0.6 is 24.8 Å². The van der Waals surface area contributed by atoms with Crippen molar-refractivity contribution < 1.29 is 27.4 Å². The van der Waals surface area contributed by atoms with Gasteiger partial charge in [-0.05, 0) is 30.3 Å². The second-order valence-corrected chi connectivity index (χ2v) is 5.96. The van der Waals surface area contributed by atoms with Gasteiger partial charge in [0.15, 0.2) is 0 Å². The third-order valence-electron chi connectivity index (χ3n) is 3.80. The molecule has 160 valence electrons. The summed E-state index contributed by atoms with van der Waals surface area (Å²) in [6, 6.07) is 9.70. The predicted octanol–water partition coefficient (Wildman–Crippen LogP) is 4.05. The summed E-state index contributed by atoms with van der Waals surface area (Å²) in [5, 5.41) is 5.95. The molecule has 1 unspecified atom stereocenters. The van der Waals surface area contributed by atoms with Crippen LogP contribution in [0.1, 0.15) is 12.1 Å². The summed E-state index contributed by atoms with van der Waals surface area (Å²) in [6.07, 6.45) is -4.25. The summed E-state index contributed by atoms with van der Waals surface area (Å²) in [5.41, 5.74) is -0.467. The number of halogens is 5. The molecule has 2 N–H and O–H groups in total. The Morgan fingerprint density at radius 1 is 1.21 bits per heavy atom. The number of pyridine rings is 1. The maximum absolute atomic E-state index is 12.7. The van der Waals surface area contributed by atoms with E-state index in [0.29, 0.717) is 31.2 Å². The number of amides is 1. The van der Waals surface area contributed by atoms with E-state index in [4.69, 9.17) is 9.47 Å². The Bertz CT molecular complexity index is 786. The number of carbonyl (C=O) groups is 1. The van der Waals surface area contributed by atoms with Crippen LogP contribution in [-0.2, 0) is 15.7 Å². The van der Waals surface area contributed by atoms with Crippen molar-refractivity contribution in [1.29, 1.82) is 0 Å². The number of anilines is 1. The van der Waals surface area contributed by atoms with Gasteiger partial charge < -0.3 is 20.1 Å². The lowest BCUT2D eigenvalue weighted by atomic mass is 10.2. The third kappa shape index (κ3) is 7.69. The number of hydrogen-bond donors (Lipinski definition) is 2. The summed E-state index contributed by atoms with van der Waals surface area (Å²) < 4.78 is 48.7. The summed E-state index contributed by atoms with van der Waals surface area (Å²) in [4.78, 5) is 15.5. The molecule has 1 aliphatic rings. The second-order valence-electron chi connectivity index (χ2n) is 5.96. The van der Waals surface area contributed by atoms with Gasteiger partial charge in [0.05, 0.1) is 13.2 Å². The summed E-state index contributed by atoms with van der Waals surface area (Å²) in [6.45, 7) is 1.85. The fourth-order valence-electron chi connectivity index (χ4n) is 2.54. The van der Waals surface area contributed by atoms with Crippen LogP contribution in [0, 0.1) is 0 Å². The second kappa shape index (κ2) is 11.2. The van der Waals surface area contributed by atoms with Gasteiger partial charge in [-0.15, -0.1) is 24.8 Å². The molecule has 1 aromatic heterocycles. The zero-order chi connectivity index (χ0) is 19.3. The fourth-order valence-corrected chi connectivity index (χ4v) is 2.54. The van der Waals surface area contributed by atoms with Crippen molar-refractivity contribution in [3.63, 3.8) is 0 Å². The number of hydrogen-bond acceptors (Lipinski definition) is 5. The molecular weight excluding hydrogens is 434 g/mol. The molecule has 11 heteroatoms. The van der Waals surface area contributed by atoms with Gasteiger partial charge in [-0.1, -0.05) is 6.07 Å². The predicted molar refractivity (Wildman–Crippen MR) is 106 cm³/mol. The minimum absolute atomic E-state index is 0. The number of ether oxygens (including phenoxy) is 2. The molecule has 1 aromatic carbocycles. The molecule has 6 nitrogen and oxygen atoms in total. The van der Waals surface area contributed by atoms with Gasteiger partial charge in [0.25, 0.3) is 0 Å². The Kier molecular flexibility index (Phi) is 9.64. The zero-order valence-electron chi connectivity index (χ0n) is 15.1. The van der Waals surface area contributed by atoms with Crippen molar-refractivity contribution in [2.75, 3.05) is 25.1 Å². The molecule has 3 rings (SSSR count). The molecule has 1 atom stereocenters. The van der Waals surface area contributed by atoms with E-state index in [-0.39, 0.29) is 49.1 Å². The Morgan fingerprint density at radius 2 is 1.93 bits per heavy atom. The van der Waals surface area contributed by atoms with E-state index >= 15 is 0 Å². The van der Waals surface area contributed by atoms with Crippen LogP contribution in [0.15, 0.2) is 42.5 Å². The largest absolute Gasteiger partial charge is 0.439 e. The van der Waals surface area contributed by atoms with Crippen molar-refractivity contribution in [2.24, 2.45) is 0 Å². The van der Waals surface area contributed by atoms with Gasteiger partial charge >= 0.3 is 6.18 Å². The van der Waals surface area contributed by atoms with Crippen LogP contribution in [0.2, 0.25) is 0 Å². The molecular formula is C18H20Cl2F3N3O3. The number of benzene rings is 1. The highest BCUT2D eigenvalue weighted by atomic mass is 35.5. The van der Waals surface area contributed by atoms with Gasteiger partial charge in [0.1, 0.15) is 11.4 Å². The normalized spacial score (nSPS) is 16.2. The molecule has 0 aliphatic carbocycles. The highest BCUT2D eigenvalue weighted by Gasteiger charge is 2.32. The van der Waals surface area contributed by atoms with E-state index in [1.54, 1.807) is 24.3 Å². The molecule has 29 heavy (non-hydrogen) atoms. The number of nitrogens with zero attached hydrogens (tertiary/aromatic N) is 1. The average Bonchev–Trinajstić information content (AvgIpc) is 2.64. The SMILES string of the molecule is Cl.Cl.O=C(CC1COCCN1)Nc1ccc(Oc2cccc(C(F)(F)F)n2)cc1. The van der Waals surface area contributed by atoms with Crippen molar-refractivity contribution in [1.82, 2.24) is 10.3 Å². The Labute approximate surface area is 178 Å². The zero-order valence-corrected chi connectivity index (χ0v) is 16.7. The smallest absolute Gasteiger partial charge is 0.433 e. The number of rotatable bonds is 5. The minimum Gasteiger partial charge on any atom is -0.439 e. The molecule has 1 saturated heterocycles. The minimum atomic E-state index is -4.54. The van der Waals surface area contributed by atoms with Crippen molar-refractivity contribution in [2.45, 2.75) is 18.6 Å². The monoisotopic (exact) mass is 453 g/mol. The molecule has 1 fully saturated rings. The number of nitrogens with one attached hydrogen (secondary N) is 2. The van der Waals surface area contributed by atoms with E-state index in [9.17, 15) is 18.0 Å². The van der Waals surface area contributed by atoms with E-state index in [2.05, 4.69) is 15.6 Å². The first-order chi connectivity index (χ1) is 12.9. The van der Waals surface area contributed by atoms with Crippen molar-refractivity contribution in [3.05, 3.63) is 48.2 Å². The molecule has 1 amide bonds. The number of carbonyl (C=O) groups excluding carboxylic acids is 1. The lowest BCUT2D eigenvalue weighted by Crippen LogP contribution is -2.43. The quantitative estimate of drug-likeness (QED) is 0.714. The first kappa shape index (κ1) is 25.0. The van der Waals surface area contributed by atoms with Crippen LogP contribution in [0.25, 0.3) is 0 Å². The first-order valence-corrected chi connectivity index (χ1v) is 8.33. The van der Waals surface area contributed by atoms with Gasteiger partial charge in [0.2, 0.25) is 11.8 Å². The van der Waals surface area contributed by atoms with Crippen molar-refractivity contribution in [3.8, 4) is 11.6 Å². The molecule has 2 aromatic rings. The van der Waals surface area contributed by atoms with E-state index in [0.717, 1.165) is 6.07 Å². The maximum atomic E-state index is 12.7. The number of aromatic nitrogens is 1. The van der Waals surface area contributed by atoms with Crippen LogP contribution in [0.3, 0.4) is 0 Å². The lowest BCUT2D eigenvalue weighted by molar-refractivity contribution is -0.141. The average molecular weight is 454 g/mol. The van der Waals surface area contributed by atoms with Crippen LogP contribution < -0.4 is 15.4 Å². The molecule has 0 spiro atoms. The van der Waals surface area contributed by atoms with Gasteiger partial charge in [-0.25, -0.2) is 4.98 Å². The maximum Gasteiger partial charge on any atom is 0.433 e.